The number of carboxylic acids is 1. The number of unbranched alkanes of at least 4 members (excludes halogenated alkanes) is 4. The van der Waals surface area contributed by atoms with Crippen molar-refractivity contribution in [2.45, 2.75) is 105 Å². The second-order valence-electron chi connectivity index (χ2n) is 10.9. The van der Waals surface area contributed by atoms with Crippen LogP contribution < -0.4 is 15.2 Å². The van der Waals surface area contributed by atoms with E-state index in [1.54, 1.807) is 27.7 Å². The van der Waals surface area contributed by atoms with Crippen molar-refractivity contribution in [3.8, 4) is 11.5 Å². The summed E-state index contributed by atoms with van der Waals surface area (Å²) in [4.78, 5) is 48.9. The smallest absolute Gasteiger partial charge is 0.480 e. The van der Waals surface area contributed by atoms with Crippen molar-refractivity contribution in [1.29, 1.82) is 0 Å². The molecule has 0 saturated carbocycles. The molecule has 2 atom stereocenters. The first kappa shape index (κ1) is 34.7. The summed E-state index contributed by atoms with van der Waals surface area (Å²) in [5.41, 5.74) is 4.06. The van der Waals surface area contributed by atoms with E-state index in [4.69, 9.17) is 29.4 Å². The van der Waals surface area contributed by atoms with Crippen LogP contribution in [0.25, 0.3) is 0 Å². The molecule has 226 valence electrons. The minimum Gasteiger partial charge on any atom is -0.480 e. The van der Waals surface area contributed by atoms with E-state index >= 15 is 0 Å². The van der Waals surface area contributed by atoms with Gasteiger partial charge in [0.1, 0.15) is 11.6 Å². The summed E-state index contributed by atoms with van der Waals surface area (Å²) in [6.45, 7) is 11.0. The number of carbonyl (C=O) groups is 4. The second-order valence-corrected chi connectivity index (χ2v) is 10.9. The lowest BCUT2D eigenvalue weighted by Crippen LogP contribution is -2.52. The molecule has 0 saturated heterocycles. The highest BCUT2D eigenvalue weighted by atomic mass is 16.7. The Labute approximate surface area is 236 Å². The minimum absolute atomic E-state index is 0.111. The maximum absolute atomic E-state index is 12.3. The first-order valence-electron chi connectivity index (χ1n) is 13.8. The van der Waals surface area contributed by atoms with Crippen LogP contribution in [0.2, 0.25) is 0 Å². The molecule has 40 heavy (non-hydrogen) atoms. The minimum atomic E-state index is -1.82. The Morgan fingerprint density at radius 2 is 1.40 bits per heavy atom. The number of carboxylic acid groups (broad SMARTS) is 1. The molecule has 0 spiro atoms. The molecule has 1 unspecified atom stereocenters. The number of benzene rings is 1. The first-order chi connectivity index (χ1) is 18.7. The van der Waals surface area contributed by atoms with Gasteiger partial charge < -0.3 is 34.5 Å². The van der Waals surface area contributed by atoms with Gasteiger partial charge in [0.2, 0.25) is 0 Å². The number of carbonyl (C=O) groups excluding carboxylic acids is 3. The van der Waals surface area contributed by atoms with E-state index in [0.717, 1.165) is 25.7 Å². The molecule has 11 nitrogen and oxygen atoms in total. The van der Waals surface area contributed by atoms with E-state index in [1.807, 2.05) is 13.8 Å². The second kappa shape index (κ2) is 16.7. The number of esters is 1. The lowest BCUT2D eigenvalue weighted by atomic mass is 9.86. The molecule has 1 aromatic rings. The zero-order valence-electron chi connectivity index (χ0n) is 24.6. The van der Waals surface area contributed by atoms with Gasteiger partial charge in [0.05, 0.1) is 18.6 Å². The lowest BCUT2D eigenvalue weighted by Gasteiger charge is -2.29. The molecule has 0 aromatic heterocycles. The Morgan fingerprint density at radius 1 is 0.875 bits per heavy atom. The van der Waals surface area contributed by atoms with Gasteiger partial charge in [-0.2, -0.15) is 0 Å². The number of hydrogen-bond acceptors (Lipinski definition) is 10. The third-order valence-electron chi connectivity index (χ3n) is 5.85. The van der Waals surface area contributed by atoms with Crippen LogP contribution in [0.5, 0.6) is 11.5 Å². The van der Waals surface area contributed by atoms with Gasteiger partial charge in [0, 0.05) is 12.8 Å². The molecule has 0 aliphatic rings. The third kappa shape index (κ3) is 12.7. The van der Waals surface area contributed by atoms with Gasteiger partial charge in [-0.3, -0.25) is 9.59 Å². The SMILES string of the molecule is CCCCCOC(=O)Oc1ccc(CC(N)(C[C@H](C)OC(=O)C(C)(C)C)C(=O)O)cc1OC(=O)OCCCCC. The molecule has 0 radical (unpaired) electrons. The van der Waals surface area contributed by atoms with Gasteiger partial charge in [-0.25, -0.2) is 9.59 Å². The summed E-state index contributed by atoms with van der Waals surface area (Å²) in [6, 6.07) is 4.20. The fourth-order valence-corrected chi connectivity index (χ4v) is 3.59. The fraction of sp³-hybridized carbons (Fsp3) is 0.655. The maximum atomic E-state index is 12.3. The normalized spacial score (nSPS) is 13.5. The van der Waals surface area contributed by atoms with Crippen LogP contribution in [0.15, 0.2) is 18.2 Å². The van der Waals surface area contributed by atoms with Crippen LogP contribution in [0.1, 0.15) is 92.1 Å². The van der Waals surface area contributed by atoms with E-state index in [0.29, 0.717) is 18.4 Å². The highest BCUT2D eigenvalue weighted by molar-refractivity contribution is 5.79. The lowest BCUT2D eigenvalue weighted by molar-refractivity contribution is -0.160. The van der Waals surface area contributed by atoms with Crippen LogP contribution in [-0.2, 0) is 30.2 Å². The van der Waals surface area contributed by atoms with Gasteiger partial charge in [-0.15, -0.1) is 0 Å². The number of aliphatic carboxylic acids is 1. The number of hydrogen-bond donors (Lipinski definition) is 2. The third-order valence-corrected chi connectivity index (χ3v) is 5.85. The predicted octanol–water partition coefficient (Wildman–Crippen LogP) is 5.79. The van der Waals surface area contributed by atoms with Crippen molar-refractivity contribution < 1.29 is 48.0 Å². The molecule has 0 amide bonds. The topological polar surface area (TPSA) is 161 Å². The average Bonchev–Trinajstić information content (AvgIpc) is 2.85. The van der Waals surface area contributed by atoms with Crippen LogP contribution >= 0.6 is 0 Å². The standard InChI is InChI=1S/C29H45NO10/c1-7-9-11-15-36-26(34)39-22-14-13-21(17-23(22)40-27(35)37-16-12-10-8-2)19-29(30,24(31)32)18-20(3)38-25(33)28(4,5)6/h13-14,17,20H,7-12,15-16,18-19,30H2,1-6H3,(H,31,32)/t20-,29?/m0/s1. The number of ether oxygens (including phenoxy) is 5. The molecule has 0 fully saturated rings. The van der Waals surface area contributed by atoms with Crippen molar-refractivity contribution in [3.05, 3.63) is 23.8 Å². The Kier molecular flexibility index (Phi) is 14.5. The largest absolute Gasteiger partial charge is 0.513 e. The number of nitrogens with two attached hydrogens (primary N) is 1. The summed E-state index contributed by atoms with van der Waals surface area (Å²) < 4.78 is 26.1. The summed E-state index contributed by atoms with van der Waals surface area (Å²) in [5, 5.41) is 9.93. The summed E-state index contributed by atoms with van der Waals surface area (Å²) >= 11 is 0. The molecule has 1 rings (SSSR count). The van der Waals surface area contributed by atoms with Crippen molar-refractivity contribution in [2.24, 2.45) is 11.1 Å². The first-order valence-corrected chi connectivity index (χ1v) is 13.8. The van der Waals surface area contributed by atoms with E-state index in [-0.39, 0.29) is 37.6 Å². The molecule has 0 heterocycles. The molecule has 0 aliphatic heterocycles. The van der Waals surface area contributed by atoms with Crippen LogP contribution in [-0.4, -0.2) is 54.2 Å². The van der Waals surface area contributed by atoms with Crippen molar-refractivity contribution >= 4 is 24.2 Å². The average molecular weight is 568 g/mol. The summed E-state index contributed by atoms with van der Waals surface area (Å²) in [5.74, 6) is -2.06. The van der Waals surface area contributed by atoms with Gasteiger partial charge in [-0.05, 0) is 58.2 Å². The highest BCUT2D eigenvalue weighted by Gasteiger charge is 2.38. The molecule has 0 bridgehead atoms. The Balaban J connectivity index is 3.13. The van der Waals surface area contributed by atoms with Crippen molar-refractivity contribution in [2.75, 3.05) is 13.2 Å². The molecule has 3 N–H and O–H groups in total. The molecule has 11 heteroatoms. The van der Waals surface area contributed by atoms with E-state index in [2.05, 4.69) is 0 Å². The van der Waals surface area contributed by atoms with Crippen molar-refractivity contribution in [1.82, 2.24) is 0 Å². The fourth-order valence-electron chi connectivity index (χ4n) is 3.59. The molecular formula is C29H45NO10. The Morgan fingerprint density at radius 3 is 1.88 bits per heavy atom. The zero-order chi connectivity index (χ0) is 30.3. The molecular weight excluding hydrogens is 522 g/mol. The predicted molar refractivity (Wildman–Crippen MR) is 147 cm³/mol. The highest BCUT2D eigenvalue weighted by Crippen LogP contribution is 2.32. The van der Waals surface area contributed by atoms with Gasteiger partial charge in [-0.1, -0.05) is 45.6 Å². The van der Waals surface area contributed by atoms with Crippen LogP contribution in [0.4, 0.5) is 9.59 Å². The Bertz CT molecular complexity index is 988. The van der Waals surface area contributed by atoms with E-state index in [9.17, 15) is 24.3 Å². The van der Waals surface area contributed by atoms with E-state index in [1.165, 1.54) is 18.2 Å². The zero-order valence-corrected chi connectivity index (χ0v) is 24.6. The Hall–Kier alpha value is -3.34. The molecule has 1 aromatic carbocycles. The van der Waals surface area contributed by atoms with Gasteiger partial charge in [0.25, 0.3) is 0 Å². The van der Waals surface area contributed by atoms with Gasteiger partial charge in [0.15, 0.2) is 11.5 Å². The van der Waals surface area contributed by atoms with Crippen LogP contribution in [0, 0.1) is 5.41 Å². The van der Waals surface area contributed by atoms with Gasteiger partial charge >= 0.3 is 24.2 Å². The monoisotopic (exact) mass is 567 g/mol. The molecule has 0 aliphatic carbocycles. The summed E-state index contributed by atoms with van der Waals surface area (Å²) in [7, 11) is 0. The quantitative estimate of drug-likeness (QED) is 0.108. The van der Waals surface area contributed by atoms with Crippen molar-refractivity contribution in [3.63, 3.8) is 0 Å². The maximum Gasteiger partial charge on any atom is 0.513 e. The number of rotatable bonds is 16. The van der Waals surface area contributed by atoms with Crippen LogP contribution in [0.3, 0.4) is 0 Å². The van der Waals surface area contributed by atoms with E-state index < -0.39 is 41.3 Å². The summed E-state index contributed by atoms with van der Waals surface area (Å²) in [6.07, 6.45) is 1.84.